The average molecular weight is 462 g/mol. The summed E-state index contributed by atoms with van der Waals surface area (Å²) in [5, 5.41) is 4.24. The molecular weight excluding hydrogens is 434 g/mol. The van der Waals surface area contributed by atoms with Gasteiger partial charge in [-0.3, -0.25) is 4.79 Å². The van der Waals surface area contributed by atoms with Crippen LogP contribution in [0.1, 0.15) is 24.0 Å². The molecule has 0 spiro atoms. The summed E-state index contributed by atoms with van der Waals surface area (Å²) in [6.07, 6.45) is 4.01. The molecule has 1 aliphatic heterocycles. The van der Waals surface area contributed by atoms with Crippen LogP contribution in [-0.4, -0.2) is 29.4 Å². The summed E-state index contributed by atoms with van der Waals surface area (Å²) in [6.45, 7) is 7.94. The van der Waals surface area contributed by atoms with Crippen molar-refractivity contribution in [3.63, 3.8) is 0 Å². The van der Waals surface area contributed by atoms with Crippen molar-refractivity contribution in [1.29, 1.82) is 0 Å². The molecule has 0 unspecified atom stereocenters. The van der Waals surface area contributed by atoms with E-state index < -0.39 is 17.6 Å². The van der Waals surface area contributed by atoms with E-state index in [-0.39, 0.29) is 5.91 Å². The van der Waals surface area contributed by atoms with Crippen LogP contribution in [0.4, 0.5) is 0 Å². The van der Waals surface area contributed by atoms with E-state index >= 15 is 0 Å². The molecule has 0 bridgehead atoms. The van der Waals surface area contributed by atoms with Crippen molar-refractivity contribution in [2.45, 2.75) is 24.5 Å². The first-order valence-electron chi connectivity index (χ1n) is 11.8. The van der Waals surface area contributed by atoms with Gasteiger partial charge < -0.3 is 9.64 Å². The molecule has 0 N–H and O–H groups in total. The lowest BCUT2D eigenvalue weighted by atomic mass is 9.77. The van der Waals surface area contributed by atoms with Crippen LogP contribution in [0.15, 0.2) is 110 Å². The van der Waals surface area contributed by atoms with Crippen molar-refractivity contribution in [3.8, 4) is 0 Å². The van der Waals surface area contributed by atoms with Gasteiger partial charge in [0.05, 0.1) is 6.04 Å². The first-order chi connectivity index (χ1) is 17.1. The summed E-state index contributed by atoms with van der Waals surface area (Å²) in [5.41, 5.74) is 0.403. The molecule has 0 aliphatic carbocycles. The Kier molecular flexibility index (Phi) is 5.96. The number of likely N-dealkylation sites (tertiary alicyclic amines) is 1. The molecule has 1 fully saturated rings. The molecule has 4 heteroatoms. The number of esters is 1. The summed E-state index contributed by atoms with van der Waals surface area (Å²) >= 11 is 0. The van der Waals surface area contributed by atoms with Gasteiger partial charge in [-0.2, -0.15) is 0 Å². The Morgan fingerprint density at radius 1 is 0.800 bits per heavy atom. The highest BCUT2D eigenvalue weighted by molar-refractivity contribution is 5.89. The minimum Gasteiger partial charge on any atom is -0.444 e. The lowest BCUT2D eigenvalue weighted by molar-refractivity contribution is -0.159. The van der Waals surface area contributed by atoms with Crippen LogP contribution in [0.3, 0.4) is 0 Å². The Bertz CT molecular complexity index is 1370. The molecule has 1 aliphatic rings. The van der Waals surface area contributed by atoms with E-state index in [1.54, 1.807) is 4.90 Å². The molecule has 1 heterocycles. The first kappa shape index (κ1) is 22.6. The summed E-state index contributed by atoms with van der Waals surface area (Å²) in [7, 11) is 0. The molecule has 174 valence electrons. The van der Waals surface area contributed by atoms with E-state index in [1.165, 1.54) is 12.2 Å². The van der Waals surface area contributed by atoms with Crippen LogP contribution in [-0.2, 0) is 19.9 Å². The normalized spacial score (nSPS) is 15.8. The number of nitrogens with zero attached hydrogens (tertiary/aromatic N) is 1. The SMILES string of the molecule is C=CC(=O)OC(c1ccc2ccccc2c1)(c1ccc2ccccc2c1)[C@@H]1CCCN1C(=O)C=C. The number of benzene rings is 4. The Morgan fingerprint density at radius 3 is 1.86 bits per heavy atom. The third-order valence-corrected chi connectivity index (χ3v) is 6.96. The molecular formula is C31H27NO3. The molecule has 0 radical (unpaired) electrons. The van der Waals surface area contributed by atoms with Gasteiger partial charge >= 0.3 is 5.97 Å². The lowest BCUT2D eigenvalue weighted by Gasteiger charge is -2.43. The van der Waals surface area contributed by atoms with E-state index in [2.05, 4.69) is 37.4 Å². The smallest absolute Gasteiger partial charge is 0.331 e. The predicted octanol–water partition coefficient (Wildman–Crippen LogP) is 6.14. The summed E-state index contributed by atoms with van der Waals surface area (Å²) in [5.74, 6) is -0.711. The number of amides is 1. The van der Waals surface area contributed by atoms with Gasteiger partial charge in [0.15, 0.2) is 5.60 Å². The van der Waals surface area contributed by atoms with Crippen molar-refractivity contribution in [3.05, 3.63) is 121 Å². The van der Waals surface area contributed by atoms with Crippen LogP contribution in [0.5, 0.6) is 0 Å². The van der Waals surface area contributed by atoms with Crippen LogP contribution >= 0.6 is 0 Å². The van der Waals surface area contributed by atoms with Crippen LogP contribution in [0.2, 0.25) is 0 Å². The van der Waals surface area contributed by atoms with Crippen LogP contribution < -0.4 is 0 Å². The van der Waals surface area contributed by atoms with Gasteiger partial charge in [0.25, 0.3) is 0 Å². The summed E-state index contributed by atoms with van der Waals surface area (Å²) in [6, 6.07) is 28.0. The van der Waals surface area contributed by atoms with Gasteiger partial charge in [0.2, 0.25) is 5.91 Å². The van der Waals surface area contributed by atoms with Crippen molar-refractivity contribution in [1.82, 2.24) is 4.90 Å². The first-order valence-corrected chi connectivity index (χ1v) is 11.8. The van der Waals surface area contributed by atoms with Gasteiger partial charge in [-0.15, -0.1) is 0 Å². The number of fused-ring (bicyclic) bond motifs is 2. The lowest BCUT2D eigenvalue weighted by Crippen LogP contribution is -2.52. The zero-order valence-corrected chi connectivity index (χ0v) is 19.5. The highest BCUT2D eigenvalue weighted by Crippen LogP contribution is 2.45. The van der Waals surface area contributed by atoms with Gasteiger partial charge in [0.1, 0.15) is 0 Å². The van der Waals surface area contributed by atoms with Gasteiger partial charge in [-0.25, -0.2) is 4.79 Å². The van der Waals surface area contributed by atoms with E-state index in [1.807, 2.05) is 60.7 Å². The number of carbonyl (C=O) groups is 2. The number of ether oxygens (including phenoxy) is 1. The highest BCUT2D eigenvalue weighted by Gasteiger charge is 2.51. The Balaban J connectivity index is 1.83. The molecule has 4 nitrogen and oxygen atoms in total. The second-order valence-electron chi connectivity index (χ2n) is 8.88. The fourth-order valence-electron chi connectivity index (χ4n) is 5.35. The third kappa shape index (κ3) is 3.91. The molecule has 35 heavy (non-hydrogen) atoms. The van der Waals surface area contributed by atoms with Crippen molar-refractivity contribution >= 4 is 33.4 Å². The maximum Gasteiger partial charge on any atom is 0.331 e. The van der Waals surface area contributed by atoms with Crippen LogP contribution in [0.25, 0.3) is 21.5 Å². The fraction of sp³-hybridized carbons (Fsp3) is 0.161. The molecule has 4 aromatic rings. The van der Waals surface area contributed by atoms with E-state index in [4.69, 9.17) is 4.74 Å². The third-order valence-electron chi connectivity index (χ3n) is 6.96. The number of hydrogen-bond acceptors (Lipinski definition) is 3. The summed E-state index contributed by atoms with van der Waals surface area (Å²) in [4.78, 5) is 27.7. The largest absolute Gasteiger partial charge is 0.444 e. The molecule has 4 aromatic carbocycles. The average Bonchev–Trinajstić information content (AvgIpc) is 3.41. The van der Waals surface area contributed by atoms with E-state index in [0.29, 0.717) is 13.0 Å². The highest BCUT2D eigenvalue weighted by atomic mass is 16.6. The van der Waals surface area contributed by atoms with E-state index in [9.17, 15) is 9.59 Å². The topological polar surface area (TPSA) is 46.6 Å². The molecule has 1 saturated heterocycles. The number of hydrogen-bond donors (Lipinski definition) is 0. The zero-order chi connectivity index (χ0) is 24.4. The van der Waals surface area contributed by atoms with Crippen molar-refractivity contribution in [2.75, 3.05) is 6.54 Å². The molecule has 0 aromatic heterocycles. The Labute approximate surface area is 205 Å². The van der Waals surface area contributed by atoms with Gasteiger partial charge in [-0.05, 0) is 52.6 Å². The summed E-state index contributed by atoms with van der Waals surface area (Å²) < 4.78 is 6.38. The fourth-order valence-corrected chi connectivity index (χ4v) is 5.35. The van der Waals surface area contributed by atoms with Crippen LogP contribution in [0, 0.1) is 0 Å². The second-order valence-corrected chi connectivity index (χ2v) is 8.88. The maximum atomic E-state index is 13.0. The standard InChI is InChI=1S/C31H27NO3/c1-3-29(33)32-19-9-14-28(32)31(35-30(34)4-2,26-17-15-22-10-5-7-12-24(22)20-26)27-18-16-23-11-6-8-13-25(23)21-27/h3-8,10-13,15-18,20-21,28H,1-2,9,14,19H2/t28-/m0/s1. The number of rotatable bonds is 6. The van der Waals surface area contributed by atoms with Gasteiger partial charge in [-0.1, -0.05) is 86.0 Å². The quantitative estimate of drug-likeness (QED) is 0.256. The Morgan fingerprint density at radius 2 is 1.34 bits per heavy atom. The maximum absolute atomic E-state index is 13.0. The number of carbonyl (C=O) groups excluding carboxylic acids is 2. The van der Waals surface area contributed by atoms with Crippen molar-refractivity contribution in [2.24, 2.45) is 0 Å². The Hall–Kier alpha value is -4.18. The van der Waals surface area contributed by atoms with E-state index in [0.717, 1.165) is 39.1 Å². The molecule has 1 atom stereocenters. The zero-order valence-electron chi connectivity index (χ0n) is 19.5. The predicted molar refractivity (Wildman–Crippen MR) is 140 cm³/mol. The minimum atomic E-state index is -1.23. The molecule has 5 rings (SSSR count). The minimum absolute atomic E-state index is 0.173. The van der Waals surface area contributed by atoms with Crippen molar-refractivity contribution < 1.29 is 14.3 Å². The second kappa shape index (κ2) is 9.22. The molecule has 1 amide bonds. The molecule has 0 saturated carbocycles. The van der Waals surface area contributed by atoms with Gasteiger partial charge in [0, 0.05) is 23.7 Å². The monoisotopic (exact) mass is 461 g/mol.